The first-order valence-electron chi connectivity index (χ1n) is 24.4. The van der Waals surface area contributed by atoms with Gasteiger partial charge in [0.1, 0.15) is 12.1 Å². The Hall–Kier alpha value is -2.50. The number of rotatable bonds is 37. The van der Waals surface area contributed by atoms with E-state index in [-0.39, 0.29) is 61.6 Å². The molecule has 66 heavy (non-hydrogen) atoms. The van der Waals surface area contributed by atoms with Gasteiger partial charge in [0, 0.05) is 58.2 Å². The number of likely N-dealkylation sites (N-methyl/N-ethyl adjacent to an activating group) is 1. The summed E-state index contributed by atoms with van der Waals surface area (Å²) >= 11 is 0. The van der Waals surface area contributed by atoms with Gasteiger partial charge in [-0.1, -0.05) is 84.9 Å². The van der Waals surface area contributed by atoms with Crippen LogP contribution in [0.1, 0.15) is 120 Å². The summed E-state index contributed by atoms with van der Waals surface area (Å²) in [5, 5.41) is 64.0. The summed E-state index contributed by atoms with van der Waals surface area (Å²) in [4.78, 5) is 26.7. The van der Waals surface area contributed by atoms with Gasteiger partial charge in [-0.15, -0.1) is 0 Å². The van der Waals surface area contributed by atoms with E-state index in [2.05, 4.69) is 19.9 Å². The topological polar surface area (TPSA) is 205 Å². The van der Waals surface area contributed by atoms with E-state index in [0.717, 1.165) is 18.4 Å². The van der Waals surface area contributed by atoms with Crippen LogP contribution in [-0.2, 0) is 33.3 Å². The smallest absolute Gasteiger partial charge is 0.330 e. The Kier molecular flexibility index (Phi) is 34.2. The minimum Gasteiger partial charge on any atom is -0.463 e. The Morgan fingerprint density at radius 2 is 1.26 bits per heavy atom. The summed E-state index contributed by atoms with van der Waals surface area (Å²) in [5.74, 6) is -2.20. The van der Waals surface area contributed by atoms with Gasteiger partial charge in [0.15, 0.2) is 0 Å². The fraction of sp³-hybridized carbons (Fsp3) is 0.808. The molecule has 0 heterocycles. The Labute approximate surface area is 399 Å². The molecule has 0 saturated heterocycles. The van der Waals surface area contributed by atoms with Crippen molar-refractivity contribution in [2.75, 3.05) is 55.2 Å². The number of allylic oxidation sites excluding steroid dienone is 3. The predicted octanol–water partition coefficient (Wildman–Crippen LogP) is 6.44. The van der Waals surface area contributed by atoms with Crippen molar-refractivity contribution in [2.45, 2.75) is 175 Å². The molecule has 386 valence electrons. The van der Waals surface area contributed by atoms with Crippen LogP contribution in [0.3, 0.4) is 0 Å². The predicted molar refractivity (Wildman–Crippen MR) is 261 cm³/mol. The third-order valence-electron chi connectivity index (χ3n) is 13.5. The van der Waals surface area contributed by atoms with Gasteiger partial charge in [-0.25, -0.2) is 4.79 Å². The molecule has 0 fully saturated rings. The highest BCUT2D eigenvalue weighted by Gasteiger charge is 2.34. The maximum Gasteiger partial charge on any atom is 0.330 e. The highest BCUT2D eigenvalue weighted by Crippen LogP contribution is 2.29. The lowest BCUT2D eigenvalue weighted by atomic mass is 9.82. The highest BCUT2D eigenvalue weighted by molar-refractivity contribution is 5.82. The van der Waals surface area contributed by atoms with E-state index in [0.29, 0.717) is 44.9 Å². The average molecular weight is 942 g/mol. The normalized spacial score (nSPS) is 20.2. The minimum atomic E-state index is -0.779. The SMILES string of the molecule is CCOC(=O)/C=C/C=C/C[C@@H](OC(=O)[C@H](COC)N(C)C)[C@@H](C)[C@H](O)[C@H](C)CC[C@H](OC)/C(C)=C/C[C@@H](C)C[C@H](/C=C/C[C@H](O)[C@@H](C)[C@@H](O)[C@@H](C)CC[C@@H](O)[C@H](C)[C@H](O)[C@H](C)CCO)OC. The molecule has 0 aliphatic rings. The monoisotopic (exact) mass is 942 g/mol. The van der Waals surface area contributed by atoms with Crippen molar-refractivity contribution in [3.05, 3.63) is 48.1 Å². The van der Waals surface area contributed by atoms with Crippen LogP contribution in [0.15, 0.2) is 48.1 Å². The van der Waals surface area contributed by atoms with Crippen molar-refractivity contribution >= 4 is 11.9 Å². The lowest BCUT2D eigenvalue weighted by Gasteiger charge is -2.33. The van der Waals surface area contributed by atoms with Gasteiger partial charge in [0.25, 0.3) is 0 Å². The number of esters is 2. The molecule has 0 bridgehead atoms. The zero-order chi connectivity index (χ0) is 50.5. The number of nitrogens with zero attached hydrogens (tertiary/aromatic N) is 1. The van der Waals surface area contributed by atoms with Crippen molar-refractivity contribution < 1.29 is 63.9 Å². The molecule has 16 atom stereocenters. The molecule has 0 unspecified atom stereocenters. The molecular formula is C52H95NO13. The Morgan fingerprint density at radius 1 is 0.682 bits per heavy atom. The maximum absolute atomic E-state index is 13.3. The zero-order valence-corrected chi connectivity index (χ0v) is 43.3. The second-order valence-electron chi connectivity index (χ2n) is 19.2. The van der Waals surface area contributed by atoms with Gasteiger partial charge in [-0.05, 0) is 109 Å². The largest absolute Gasteiger partial charge is 0.463 e. The highest BCUT2D eigenvalue weighted by atomic mass is 16.6. The Balaban J connectivity index is 5.37. The second-order valence-corrected chi connectivity index (χ2v) is 19.2. The molecule has 14 nitrogen and oxygen atoms in total. The summed E-state index contributed by atoms with van der Waals surface area (Å²) in [6, 6.07) is -0.613. The number of aliphatic hydroxyl groups excluding tert-OH is 6. The third-order valence-corrected chi connectivity index (χ3v) is 13.5. The number of methoxy groups -OCH3 is 3. The fourth-order valence-electron chi connectivity index (χ4n) is 8.24. The molecule has 0 aliphatic carbocycles. The molecule has 0 amide bonds. The molecule has 0 spiro atoms. The summed E-state index contributed by atoms with van der Waals surface area (Å²) < 4.78 is 27.9. The summed E-state index contributed by atoms with van der Waals surface area (Å²) in [7, 11) is 8.45. The lowest BCUT2D eigenvalue weighted by Crippen LogP contribution is -2.44. The van der Waals surface area contributed by atoms with Gasteiger partial charge in [-0.2, -0.15) is 0 Å². The molecule has 0 saturated carbocycles. The molecule has 14 heteroatoms. The van der Waals surface area contributed by atoms with Crippen LogP contribution >= 0.6 is 0 Å². The maximum atomic E-state index is 13.3. The van der Waals surface area contributed by atoms with E-state index in [1.165, 1.54) is 13.2 Å². The van der Waals surface area contributed by atoms with E-state index < -0.39 is 66.4 Å². The second kappa shape index (κ2) is 35.6. The van der Waals surface area contributed by atoms with Gasteiger partial charge in [0.2, 0.25) is 0 Å². The van der Waals surface area contributed by atoms with Crippen LogP contribution in [0.4, 0.5) is 0 Å². The van der Waals surface area contributed by atoms with E-state index in [9.17, 15) is 40.2 Å². The molecule has 0 aromatic carbocycles. The lowest BCUT2D eigenvalue weighted by molar-refractivity contribution is -0.161. The molecule has 6 N–H and O–H groups in total. The fourth-order valence-corrected chi connectivity index (χ4v) is 8.24. The molecule has 0 rings (SSSR count). The van der Waals surface area contributed by atoms with E-state index >= 15 is 0 Å². The summed E-state index contributed by atoms with van der Waals surface area (Å²) in [6.07, 6.45) is 12.8. The van der Waals surface area contributed by atoms with E-state index in [4.69, 9.17) is 23.7 Å². The molecule has 0 aromatic rings. The first-order valence-corrected chi connectivity index (χ1v) is 24.4. The van der Waals surface area contributed by atoms with Gasteiger partial charge >= 0.3 is 11.9 Å². The van der Waals surface area contributed by atoms with Gasteiger partial charge in [0.05, 0.1) is 55.9 Å². The van der Waals surface area contributed by atoms with Crippen LogP contribution < -0.4 is 0 Å². The number of ether oxygens (including phenoxy) is 5. The number of aliphatic hydroxyl groups is 6. The van der Waals surface area contributed by atoms with Gasteiger partial charge in [-0.3, -0.25) is 9.69 Å². The third kappa shape index (κ3) is 24.7. The summed E-state index contributed by atoms with van der Waals surface area (Å²) in [6.45, 7) is 17.7. The van der Waals surface area contributed by atoms with E-state index in [1.54, 1.807) is 65.3 Å². The number of carbonyl (C=O) groups excluding carboxylic acids is 2. The zero-order valence-electron chi connectivity index (χ0n) is 43.3. The van der Waals surface area contributed by atoms with Crippen LogP contribution in [0.25, 0.3) is 0 Å². The number of hydrogen-bond donors (Lipinski definition) is 6. The molecule has 0 radical (unpaired) electrons. The first-order chi connectivity index (χ1) is 31.1. The van der Waals surface area contributed by atoms with Crippen molar-refractivity contribution in [1.82, 2.24) is 4.90 Å². The molecule has 0 aromatic heterocycles. The Bertz CT molecular complexity index is 1400. The quantitative estimate of drug-likeness (QED) is 0.0172. The Morgan fingerprint density at radius 3 is 1.80 bits per heavy atom. The van der Waals surface area contributed by atoms with Crippen molar-refractivity contribution in [2.24, 2.45) is 41.4 Å². The van der Waals surface area contributed by atoms with Crippen LogP contribution in [0.5, 0.6) is 0 Å². The van der Waals surface area contributed by atoms with Crippen LogP contribution in [-0.4, -0.2) is 158 Å². The van der Waals surface area contributed by atoms with Crippen LogP contribution in [0, 0.1) is 41.4 Å². The number of hydrogen-bond acceptors (Lipinski definition) is 14. The number of carbonyl (C=O) groups is 2. The summed E-state index contributed by atoms with van der Waals surface area (Å²) in [5.41, 5.74) is 1.10. The molecule has 0 aliphatic heterocycles. The van der Waals surface area contributed by atoms with Crippen molar-refractivity contribution in [3.63, 3.8) is 0 Å². The minimum absolute atomic E-state index is 0.0152. The van der Waals surface area contributed by atoms with E-state index in [1.807, 2.05) is 46.8 Å². The standard InChI is InChI=1S/C52H95NO13/c1-15-65-48(57)23-18-16-17-22-47(66-52(61)43(33-62-12)53(10)11)41(9)51(60)37(5)27-29-46(64-14)35(3)25-24-34(2)32-42(63-13)20-19-21-44(55)39(7)49(58)36(4)26-28-45(56)40(8)50(59)38(6)30-31-54/h16-20,23,25,34,36-47,49-51,54-56,58-60H,15,21-22,24,26-33H2,1-14H3/b17-16+,20-19+,23-18+,35-25+/t34-,36+,37-,38-,39-,40+,41-,42+,43+,44+,45-,46+,47-,49+,50-,51-/m1/s1. The molecular weight excluding hydrogens is 847 g/mol. The van der Waals surface area contributed by atoms with Crippen LogP contribution in [0.2, 0.25) is 0 Å². The van der Waals surface area contributed by atoms with Crippen molar-refractivity contribution in [1.29, 1.82) is 0 Å². The van der Waals surface area contributed by atoms with Crippen molar-refractivity contribution in [3.8, 4) is 0 Å². The first kappa shape index (κ1) is 63.5. The van der Waals surface area contributed by atoms with Gasteiger partial charge < -0.3 is 54.3 Å². The average Bonchev–Trinajstić information content (AvgIpc) is 3.29.